The molecule has 0 spiro atoms. The molecule has 0 saturated carbocycles. The number of rotatable bonds is 5. The molecule has 2 unspecified atom stereocenters. The van der Waals surface area contributed by atoms with Gasteiger partial charge in [-0.3, -0.25) is 14.5 Å². The first-order chi connectivity index (χ1) is 12.5. The van der Waals surface area contributed by atoms with Crippen molar-refractivity contribution in [2.45, 2.75) is 31.9 Å². The van der Waals surface area contributed by atoms with Gasteiger partial charge in [0.1, 0.15) is 11.9 Å². The van der Waals surface area contributed by atoms with Gasteiger partial charge in [-0.2, -0.15) is 0 Å². The summed E-state index contributed by atoms with van der Waals surface area (Å²) in [5.41, 5.74) is 0.867. The summed E-state index contributed by atoms with van der Waals surface area (Å²) >= 11 is 0. The summed E-state index contributed by atoms with van der Waals surface area (Å²) in [6.07, 6.45) is 1.48. The van der Waals surface area contributed by atoms with Crippen molar-refractivity contribution in [3.8, 4) is 0 Å². The lowest BCUT2D eigenvalue weighted by Gasteiger charge is -2.35. The van der Waals surface area contributed by atoms with Crippen LogP contribution in [0, 0.1) is 5.82 Å². The minimum atomic E-state index is -0.289. The monoisotopic (exact) mass is 363 g/mol. The minimum Gasteiger partial charge on any atom is -0.368 e. The fourth-order valence-electron chi connectivity index (χ4n) is 3.43. The summed E-state index contributed by atoms with van der Waals surface area (Å²) in [6, 6.07) is 5.96. The third kappa shape index (κ3) is 4.80. The van der Waals surface area contributed by atoms with Gasteiger partial charge in [0, 0.05) is 32.8 Å². The molecule has 0 aromatic heterocycles. The van der Waals surface area contributed by atoms with Crippen molar-refractivity contribution in [1.82, 2.24) is 15.1 Å². The Balaban J connectivity index is 1.41. The van der Waals surface area contributed by atoms with Gasteiger partial charge in [0.25, 0.3) is 5.91 Å². The van der Waals surface area contributed by atoms with Crippen LogP contribution in [0.1, 0.15) is 31.4 Å². The first kappa shape index (κ1) is 18.8. The standard InChI is InChI=1S/C19H26FN3O3/c1-14(15-4-6-16(20)7-5-15)21-18(24)13-22-8-10-23(11-9-22)19(25)17-3-2-12-26-17/h4-7,14,17H,2-3,8-13H2,1H3,(H,21,24). The Morgan fingerprint density at radius 3 is 2.54 bits per heavy atom. The predicted octanol–water partition coefficient (Wildman–Crippen LogP) is 1.33. The van der Waals surface area contributed by atoms with Gasteiger partial charge in [-0.15, -0.1) is 0 Å². The molecule has 2 atom stereocenters. The molecule has 1 N–H and O–H groups in total. The molecule has 2 aliphatic rings. The predicted molar refractivity (Wildman–Crippen MR) is 95.0 cm³/mol. The van der Waals surface area contributed by atoms with E-state index in [0.29, 0.717) is 39.3 Å². The molecule has 1 aromatic rings. The van der Waals surface area contributed by atoms with Crippen molar-refractivity contribution >= 4 is 11.8 Å². The first-order valence-electron chi connectivity index (χ1n) is 9.20. The highest BCUT2D eigenvalue weighted by Crippen LogP contribution is 2.16. The second kappa shape index (κ2) is 8.60. The van der Waals surface area contributed by atoms with Crippen LogP contribution in [0.4, 0.5) is 4.39 Å². The molecule has 2 aliphatic heterocycles. The largest absolute Gasteiger partial charge is 0.368 e. The summed E-state index contributed by atoms with van der Waals surface area (Å²) in [5, 5.41) is 2.94. The van der Waals surface area contributed by atoms with Crippen molar-refractivity contribution < 1.29 is 18.7 Å². The average Bonchev–Trinajstić information content (AvgIpc) is 3.17. The van der Waals surface area contributed by atoms with Crippen LogP contribution in [0.5, 0.6) is 0 Å². The minimum absolute atomic E-state index is 0.0688. The Hall–Kier alpha value is -1.99. The van der Waals surface area contributed by atoms with Gasteiger partial charge < -0.3 is 15.0 Å². The third-order valence-corrected chi connectivity index (χ3v) is 5.00. The van der Waals surface area contributed by atoms with Crippen LogP contribution in [0.2, 0.25) is 0 Å². The van der Waals surface area contributed by atoms with E-state index in [4.69, 9.17) is 4.74 Å². The number of carbonyl (C=O) groups is 2. The van der Waals surface area contributed by atoms with Gasteiger partial charge in [0.2, 0.25) is 5.91 Å². The Morgan fingerprint density at radius 1 is 1.23 bits per heavy atom. The molecule has 0 bridgehead atoms. The Bertz CT molecular complexity index is 623. The fraction of sp³-hybridized carbons (Fsp3) is 0.579. The van der Waals surface area contributed by atoms with E-state index < -0.39 is 0 Å². The summed E-state index contributed by atoms with van der Waals surface area (Å²) in [5.74, 6) is -0.278. The normalized spacial score (nSPS) is 22.2. The van der Waals surface area contributed by atoms with E-state index in [1.807, 2.05) is 16.7 Å². The molecule has 142 valence electrons. The molecule has 2 heterocycles. The molecule has 0 radical (unpaired) electrons. The summed E-state index contributed by atoms with van der Waals surface area (Å²) in [6.45, 7) is 5.45. The molecular formula is C19H26FN3O3. The number of amides is 2. The van der Waals surface area contributed by atoms with Crippen LogP contribution in [0.3, 0.4) is 0 Å². The van der Waals surface area contributed by atoms with Crippen LogP contribution in [0.15, 0.2) is 24.3 Å². The molecule has 1 aromatic carbocycles. The number of hydrogen-bond acceptors (Lipinski definition) is 4. The van der Waals surface area contributed by atoms with Gasteiger partial charge in [-0.1, -0.05) is 12.1 Å². The van der Waals surface area contributed by atoms with Crippen molar-refractivity contribution in [3.63, 3.8) is 0 Å². The molecule has 3 rings (SSSR count). The Labute approximate surface area is 153 Å². The van der Waals surface area contributed by atoms with Gasteiger partial charge in [-0.05, 0) is 37.5 Å². The second-order valence-electron chi connectivity index (χ2n) is 6.94. The molecule has 6 nitrogen and oxygen atoms in total. The van der Waals surface area contributed by atoms with Crippen molar-refractivity contribution in [3.05, 3.63) is 35.6 Å². The van der Waals surface area contributed by atoms with Gasteiger partial charge in [-0.25, -0.2) is 4.39 Å². The Morgan fingerprint density at radius 2 is 1.92 bits per heavy atom. The van der Waals surface area contributed by atoms with Crippen LogP contribution < -0.4 is 5.32 Å². The lowest BCUT2D eigenvalue weighted by Crippen LogP contribution is -2.53. The quantitative estimate of drug-likeness (QED) is 0.857. The van der Waals surface area contributed by atoms with Crippen molar-refractivity contribution in [2.24, 2.45) is 0 Å². The van der Waals surface area contributed by atoms with E-state index in [2.05, 4.69) is 5.32 Å². The van der Waals surface area contributed by atoms with E-state index in [1.165, 1.54) is 12.1 Å². The summed E-state index contributed by atoms with van der Waals surface area (Å²) in [7, 11) is 0. The van der Waals surface area contributed by atoms with Gasteiger partial charge in [0.15, 0.2) is 0 Å². The van der Waals surface area contributed by atoms with Crippen LogP contribution in [-0.4, -0.2) is 67.0 Å². The number of benzene rings is 1. The fourth-order valence-corrected chi connectivity index (χ4v) is 3.43. The SMILES string of the molecule is CC(NC(=O)CN1CCN(C(=O)C2CCCO2)CC1)c1ccc(F)cc1. The average molecular weight is 363 g/mol. The molecule has 2 amide bonds. The lowest BCUT2D eigenvalue weighted by molar-refractivity contribution is -0.142. The maximum absolute atomic E-state index is 13.0. The maximum Gasteiger partial charge on any atom is 0.251 e. The van der Waals surface area contributed by atoms with E-state index in [0.717, 1.165) is 18.4 Å². The highest BCUT2D eigenvalue weighted by atomic mass is 19.1. The van der Waals surface area contributed by atoms with E-state index >= 15 is 0 Å². The zero-order valence-electron chi connectivity index (χ0n) is 15.1. The number of nitrogens with zero attached hydrogens (tertiary/aromatic N) is 2. The highest BCUT2D eigenvalue weighted by molar-refractivity contribution is 5.81. The number of halogens is 1. The number of ether oxygens (including phenoxy) is 1. The second-order valence-corrected chi connectivity index (χ2v) is 6.94. The van der Waals surface area contributed by atoms with Crippen molar-refractivity contribution in [1.29, 1.82) is 0 Å². The Kier molecular flexibility index (Phi) is 6.21. The molecule has 26 heavy (non-hydrogen) atoms. The number of piperazine rings is 1. The van der Waals surface area contributed by atoms with Crippen LogP contribution in [0.25, 0.3) is 0 Å². The number of carbonyl (C=O) groups excluding carboxylic acids is 2. The molecule has 7 heteroatoms. The summed E-state index contributed by atoms with van der Waals surface area (Å²) in [4.78, 5) is 28.5. The van der Waals surface area contributed by atoms with Gasteiger partial charge in [0.05, 0.1) is 12.6 Å². The zero-order chi connectivity index (χ0) is 18.5. The van der Waals surface area contributed by atoms with Crippen molar-refractivity contribution in [2.75, 3.05) is 39.3 Å². The molecular weight excluding hydrogens is 337 g/mol. The first-order valence-corrected chi connectivity index (χ1v) is 9.20. The molecule has 2 saturated heterocycles. The van der Waals surface area contributed by atoms with E-state index in [9.17, 15) is 14.0 Å². The zero-order valence-corrected chi connectivity index (χ0v) is 15.1. The van der Waals surface area contributed by atoms with Crippen LogP contribution >= 0.6 is 0 Å². The number of nitrogens with one attached hydrogen (secondary N) is 1. The third-order valence-electron chi connectivity index (χ3n) is 5.00. The van der Waals surface area contributed by atoms with Gasteiger partial charge >= 0.3 is 0 Å². The number of hydrogen-bond donors (Lipinski definition) is 1. The van der Waals surface area contributed by atoms with Crippen LogP contribution in [-0.2, 0) is 14.3 Å². The molecule has 0 aliphatic carbocycles. The van der Waals surface area contributed by atoms with E-state index in [-0.39, 0.29) is 29.8 Å². The maximum atomic E-state index is 13.0. The summed E-state index contributed by atoms with van der Waals surface area (Å²) < 4.78 is 18.4. The lowest BCUT2D eigenvalue weighted by atomic mass is 10.1. The van der Waals surface area contributed by atoms with E-state index in [1.54, 1.807) is 12.1 Å². The smallest absolute Gasteiger partial charge is 0.251 e. The molecule has 2 fully saturated rings. The highest BCUT2D eigenvalue weighted by Gasteiger charge is 2.30. The topological polar surface area (TPSA) is 61.9 Å².